The summed E-state index contributed by atoms with van der Waals surface area (Å²) in [5, 5.41) is 0. The number of ether oxygens (including phenoxy) is 3. The highest BCUT2D eigenvalue weighted by molar-refractivity contribution is 5.69. The molecule has 0 rings (SSSR count). The summed E-state index contributed by atoms with van der Waals surface area (Å²) in [6.45, 7) is 10.6. The highest BCUT2D eigenvalue weighted by Crippen LogP contribution is 2.18. The quantitative estimate of drug-likeness (QED) is 0.0390. The zero-order chi connectivity index (χ0) is 30.7. The van der Waals surface area contributed by atoms with Gasteiger partial charge in [0, 0.05) is 38.7 Å². The fourth-order valence-electron chi connectivity index (χ4n) is 3.45. The van der Waals surface area contributed by atoms with E-state index in [4.69, 9.17) is 14.2 Å². The topological polar surface area (TPSA) is 78.9 Å². The SMILES string of the molecule is CC/C=C/C/C=C/C/C=C/CCCCCC(=O)OCC/C(=C/OC(C)=O)C(C/C=C(\C)C#CC=C(C)C)OC(C)=O. The molecule has 0 amide bonds. The highest BCUT2D eigenvalue weighted by atomic mass is 16.6. The summed E-state index contributed by atoms with van der Waals surface area (Å²) in [6.07, 6.45) is 25.1. The lowest BCUT2D eigenvalue weighted by atomic mass is 10.0. The van der Waals surface area contributed by atoms with E-state index < -0.39 is 18.0 Å². The second-order valence-electron chi connectivity index (χ2n) is 9.88. The maximum Gasteiger partial charge on any atom is 0.307 e. The van der Waals surface area contributed by atoms with E-state index in [0.29, 0.717) is 18.4 Å². The Hall–Kier alpha value is -3.59. The first-order valence-electron chi connectivity index (χ1n) is 14.6. The van der Waals surface area contributed by atoms with Crippen LogP contribution >= 0.6 is 0 Å². The summed E-state index contributed by atoms with van der Waals surface area (Å²) in [5.74, 6) is 4.77. The minimum atomic E-state index is -0.674. The van der Waals surface area contributed by atoms with Crippen LogP contribution in [-0.2, 0) is 28.6 Å². The minimum absolute atomic E-state index is 0.0945. The van der Waals surface area contributed by atoms with Crippen LogP contribution in [0, 0.1) is 11.8 Å². The van der Waals surface area contributed by atoms with Crippen LogP contribution < -0.4 is 0 Å². The van der Waals surface area contributed by atoms with Gasteiger partial charge in [0.05, 0.1) is 12.9 Å². The van der Waals surface area contributed by atoms with E-state index in [1.165, 1.54) is 20.1 Å². The van der Waals surface area contributed by atoms with E-state index in [2.05, 4.69) is 55.2 Å². The molecule has 0 aliphatic carbocycles. The van der Waals surface area contributed by atoms with Gasteiger partial charge in [-0.05, 0) is 70.9 Å². The number of rotatable bonds is 19. The third-order valence-corrected chi connectivity index (χ3v) is 5.55. The molecule has 226 valence electrons. The molecule has 0 saturated carbocycles. The van der Waals surface area contributed by atoms with Crippen molar-refractivity contribution in [2.24, 2.45) is 0 Å². The molecule has 0 aliphatic heterocycles. The number of carbonyl (C=O) groups is 3. The van der Waals surface area contributed by atoms with Crippen LogP contribution in [0.3, 0.4) is 0 Å². The lowest BCUT2D eigenvalue weighted by Gasteiger charge is -2.19. The zero-order valence-electron chi connectivity index (χ0n) is 26.0. The fourth-order valence-corrected chi connectivity index (χ4v) is 3.45. The average Bonchev–Trinajstić information content (AvgIpc) is 2.90. The number of esters is 3. The Morgan fingerprint density at radius 1 is 0.805 bits per heavy atom. The average molecular weight is 567 g/mol. The molecule has 0 aromatic rings. The predicted molar refractivity (Wildman–Crippen MR) is 167 cm³/mol. The molecule has 0 saturated heterocycles. The molecule has 0 aromatic carbocycles. The molecule has 0 bridgehead atoms. The molecule has 6 heteroatoms. The maximum atomic E-state index is 12.2. The molecular formula is C35H50O6. The Labute approximate surface area is 248 Å². The lowest BCUT2D eigenvalue weighted by Crippen LogP contribution is -2.21. The number of hydrogen-bond donors (Lipinski definition) is 0. The van der Waals surface area contributed by atoms with Gasteiger partial charge in [0.1, 0.15) is 6.10 Å². The maximum absolute atomic E-state index is 12.2. The van der Waals surface area contributed by atoms with E-state index >= 15 is 0 Å². The van der Waals surface area contributed by atoms with Crippen LogP contribution in [0.4, 0.5) is 0 Å². The van der Waals surface area contributed by atoms with E-state index in [9.17, 15) is 14.4 Å². The standard InChI is InChI=1S/C35H50O6/c1-7-8-9-10-11-12-13-14-15-16-17-18-19-23-35(38)39-27-26-33(28-40-31(5)36)34(41-32(6)37)25-24-30(4)22-20-21-29(2)3/h8-9,11-12,14-15,21,24,28,34H,7,10,13,16-19,23,25-27H2,1-6H3/b9-8+,12-11+,15-14+,30-24+,33-28-. The molecule has 0 heterocycles. The Bertz CT molecular complexity index is 1020. The number of unbranched alkanes of at least 4 members (excludes halogenated alkanes) is 3. The molecule has 1 unspecified atom stereocenters. The molecule has 0 spiro atoms. The number of carbonyl (C=O) groups excluding carboxylic acids is 3. The molecule has 0 radical (unpaired) electrons. The van der Waals surface area contributed by atoms with E-state index in [0.717, 1.165) is 56.1 Å². The summed E-state index contributed by atoms with van der Waals surface area (Å²) in [5.41, 5.74) is 2.47. The van der Waals surface area contributed by atoms with Gasteiger partial charge in [0.2, 0.25) is 0 Å². The van der Waals surface area contributed by atoms with Crippen molar-refractivity contribution in [3.63, 3.8) is 0 Å². The monoisotopic (exact) mass is 566 g/mol. The van der Waals surface area contributed by atoms with Crippen molar-refractivity contribution in [2.45, 2.75) is 112 Å². The minimum Gasteiger partial charge on any atom is -0.465 e. The van der Waals surface area contributed by atoms with Crippen molar-refractivity contribution in [3.8, 4) is 11.8 Å². The summed E-state index contributed by atoms with van der Waals surface area (Å²) in [7, 11) is 0. The van der Waals surface area contributed by atoms with Gasteiger partial charge in [-0.3, -0.25) is 14.4 Å². The van der Waals surface area contributed by atoms with Gasteiger partial charge in [-0.15, -0.1) is 0 Å². The molecule has 41 heavy (non-hydrogen) atoms. The van der Waals surface area contributed by atoms with Crippen molar-refractivity contribution in [1.29, 1.82) is 0 Å². The predicted octanol–water partition coefficient (Wildman–Crippen LogP) is 8.41. The summed E-state index contributed by atoms with van der Waals surface area (Å²) in [4.78, 5) is 35.4. The van der Waals surface area contributed by atoms with Gasteiger partial charge in [-0.2, -0.15) is 0 Å². The molecule has 0 aliphatic rings. The van der Waals surface area contributed by atoms with Crippen molar-refractivity contribution >= 4 is 17.9 Å². The summed E-state index contributed by atoms with van der Waals surface area (Å²) in [6, 6.07) is 0. The fraction of sp³-hybridized carbons (Fsp3) is 0.514. The number of allylic oxidation sites excluding steroid dienone is 9. The lowest BCUT2D eigenvalue weighted by molar-refractivity contribution is -0.146. The Morgan fingerprint density at radius 3 is 2.12 bits per heavy atom. The van der Waals surface area contributed by atoms with Crippen LogP contribution in [0.2, 0.25) is 0 Å². The van der Waals surface area contributed by atoms with Crippen LogP contribution in [-0.4, -0.2) is 30.6 Å². The van der Waals surface area contributed by atoms with Crippen molar-refractivity contribution < 1.29 is 28.6 Å². The highest BCUT2D eigenvalue weighted by Gasteiger charge is 2.18. The summed E-state index contributed by atoms with van der Waals surface area (Å²) < 4.78 is 16.0. The van der Waals surface area contributed by atoms with Crippen molar-refractivity contribution in [3.05, 3.63) is 71.6 Å². The first-order valence-corrected chi connectivity index (χ1v) is 14.6. The van der Waals surface area contributed by atoms with Gasteiger partial charge in [-0.25, -0.2) is 0 Å². The van der Waals surface area contributed by atoms with E-state index in [1.54, 1.807) is 0 Å². The largest absolute Gasteiger partial charge is 0.465 e. The van der Waals surface area contributed by atoms with Crippen LogP contribution in [0.15, 0.2) is 71.6 Å². The number of hydrogen-bond acceptors (Lipinski definition) is 6. The molecule has 0 fully saturated rings. The molecule has 1 atom stereocenters. The molecular weight excluding hydrogens is 516 g/mol. The third-order valence-electron chi connectivity index (χ3n) is 5.55. The smallest absolute Gasteiger partial charge is 0.307 e. The molecule has 0 aromatic heterocycles. The van der Waals surface area contributed by atoms with Crippen molar-refractivity contribution in [2.75, 3.05) is 6.61 Å². The second kappa shape index (κ2) is 25.4. The van der Waals surface area contributed by atoms with E-state index in [1.807, 2.05) is 32.9 Å². The third kappa shape index (κ3) is 25.1. The first kappa shape index (κ1) is 37.4. The van der Waals surface area contributed by atoms with Gasteiger partial charge < -0.3 is 14.2 Å². The van der Waals surface area contributed by atoms with Crippen LogP contribution in [0.25, 0.3) is 0 Å². The van der Waals surface area contributed by atoms with Gasteiger partial charge in [0.25, 0.3) is 0 Å². The Kier molecular flexibility index (Phi) is 23.2. The second-order valence-corrected chi connectivity index (χ2v) is 9.88. The van der Waals surface area contributed by atoms with Crippen LogP contribution in [0.1, 0.15) is 106 Å². The molecule has 6 nitrogen and oxygen atoms in total. The van der Waals surface area contributed by atoms with Gasteiger partial charge in [0.15, 0.2) is 0 Å². The Morgan fingerprint density at radius 2 is 1.49 bits per heavy atom. The first-order chi connectivity index (χ1) is 19.6. The summed E-state index contributed by atoms with van der Waals surface area (Å²) >= 11 is 0. The van der Waals surface area contributed by atoms with Gasteiger partial charge in [-0.1, -0.05) is 73.3 Å². The normalized spacial score (nSPS) is 12.7. The van der Waals surface area contributed by atoms with Gasteiger partial charge >= 0.3 is 17.9 Å². The van der Waals surface area contributed by atoms with E-state index in [-0.39, 0.29) is 19.0 Å². The Balaban J connectivity index is 4.69. The van der Waals surface area contributed by atoms with Crippen LogP contribution in [0.5, 0.6) is 0 Å². The zero-order valence-corrected chi connectivity index (χ0v) is 26.0. The molecule has 0 N–H and O–H groups in total. The van der Waals surface area contributed by atoms with Crippen molar-refractivity contribution in [1.82, 2.24) is 0 Å².